The van der Waals surface area contributed by atoms with Crippen LogP contribution in [0.25, 0.3) is 83.9 Å². The van der Waals surface area contributed by atoms with Crippen molar-refractivity contribution in [2.24, 2.45) is 0 Å². The molecule has 0 N–H and O–H groups in total. The smallest absolute Gasteiger partial charge is 0.164 e. The standard InChI is InChI=1S/C45H30N4/c1-4-12-31(13-5-1)33-20-24-35(25-21-33)43-46-44(36-26-22-34(23-27-36)32-14-6-2-7-15-32)48-45(47-43)37-28-29-40-39-18-10-11-19-41(39)49(42(40)30-37)38-16-8-3-9-17-38/h1-30H/i11D,19D,29D. The Morgan fingerprint density at radius 1 is 0.367 bits per heavy atom. The summed E-state index contributed by atoms with van der Waals surface area (Å²) in [5.74, 6) is 1.48. The van der Waals surface area contributed by atoms with E-state index in [4.69, 9.17) is 17.7 Å². The molecule has 9 aromatic rings. The number of aromatic nitrogens is 4. The molecule has 0 saturated carbocycles. The lowest BCUT2D eigenvalue weighted by Crippen LogP contribution is -2.00. The van der Waals surface area contributed by atoms with Gasteiger partial charge in [-0.15, -0.1) is 0 Å². The van der Waals surface area contributed by atoms with Crippen LogP contribution in [0.4, 0.5) is 0 Å². The maximum Gasteiger partial charge on any atom is 0.164 e. The van der Waals surface area contributed by atoms with Crippen molar-refractivity contribution in [1.29, 1.82) is 0 Å². The molecular formula is C45H30N4. The van der Waals surface area contributed by atoms with E-state index in [0.717, 1.165) is 50.0 Å². The molecular weight excluding hydrogens is 597 g/mol. The van der Waals surface area contributed by atoms with Gasteiger partial charge in [0.2, 0.25) is 0 Å². The zero-order valence-corrected chi connectivity index (χ0v) is 26.4. The molecule has 230 valence electrons. The van der Waals surface area contributed by atoms with Crippen LogP contribution in [0.5, 0.6) is 0 Å². The van der Waals surface area contributed by atoms with E-state index in [9.17, 15) is 1.37 Å². The van der Waals surface area contributed by atoms with E-state index in [1.807, 2.05) is 108 Å². The van der Waals surface area contributed by atoms with Crippen LogP contribution < -0.4 is 0 Å². The van der Waals surface area contributed by atoms with Gasteiger partial charge in [-0.2, -0.15) is 0 Å². The molecule has 7 aromatic carbocycles. The molecule has 0 radical (unpaired) electrons. The van der Waals surface area contributed by atoms with Crippen LogP contribution in [0.15, 0.2) is 182 Å². The molecule has 0 unspecified atom stereocenters. The first-order valence-corrected chi connectivity index (χ1v) is 16.2. The minimum absolute atomic E-state index is 0.112. The van der Waals surface area contributed by atoms with Gasteiger partial charge in [0.15, 0.2) is 17.5 Å². The summed E-state index contributed by atoms with van der Waals surface area (Å²) in [7, 11) is 0. The van der Waals surface area contributed by atoms with E-state index in [2.05, 4.69) is 48.5 Å². The lowest BCUT2D eigenvalue weighted by Gasteiger charge is -2.11. The van der Waals surface area contributed by atoms with Crippen LogP contribution >= 0.6 is 0 Å². The third-order valence-corrected chi connectivity index (χ3v) is 8.84. The number of rotatable bonds is 6. The normalized spacial score (nSPS) is 12.1. The molecule has 0 aliphatic heterocycles. The van der Waals surface area contributed by atoms with Crippen LogP contribution in [-0.4, -0.2) is 19.5 Å². The Morgan fingerprint density at radius 3 is 1.39 bits per heavy atom. The zero-order chi connectivity index (χ0) is 35.2. The maximum absolute atomic E-state index is 9.29. The van der Waals surface area contributed by atoms with Gasteiger partial charge in [-0.05, 0) is 46.5 Å². The minimum atomic E-state index is 0.112. The van der Waals surface area contributed by atoms with Crippen molar-refractivity contribution in [2.45, 2.75) is 0 Å². The monoisotopic (exact) mass is 629 g/mol. The highest BCUT2D eigenvalue weighted by atomic mass is 15.0. The predicted octanol–water partition coefficient (Wildman–Crippen LogP) is 11.3. The van der Waals surface area contributed by atoms with Gasteiger partial charge >= 0.3 is 0 Å². The number of benzene rings is 7. The van der Waals surface area contributed by atoms with Crippen LogP contribution in [0.1, 0.15) is 4.11 Å². The topological polar surface area (TPSA) is 43.6 Å². The molecule has 0 bridgehead atoms. The number of fused-ring (bicyclic) bond motifs is 3. The summed E-state index contributed by atoms with van der Waals surface area (Å²) in [6.45, 7) is 0. The highest BCUT2D eigenvalue weighted by molar-refractivity contribution is 6.10. The van der Waals surface area contributed by atoms with Crippen molar-refractivity contribution in [3.63, 3.8) is 0 Å². The quantitative estimate of drug-likeness (QED) is 0.184. The highest BCUT2D eigenvalue weighted by Gasteiger charge is 2.17. The van der Waals surface area contributed by atoms with Crippen molar-refractivity contribution in [3.05, 3.63) is 182 Å². The summed E-state index contributed by atoms with van der Waals surface area (Å²) in [6.07, 6.45) is 0. The molecule has 0 spiro atoms. The van der Waals surface area contributed by atoms with E-state index in [0.29, 0.717) is 33.9 Å². The number of para-hydroxylation sites is 2. The van der Waals surface area contributed by atoms with E-state index < -0.39 is 0 Å². The molecule has 9 rings (SSSR count). The molecule has 0 aliphatic carbocycles. The summed E-state index contributed by atoms with van der Waals surface area (Å²) in [5, 5.41) is 1.46. The molecule has 0 amide bonds. The molecule has 0 atom stereocenters. The van der Waals surface area contributed by atoms with Crippen molar-refractivity contribution < 1.29 is 4.11 Å². The highest BCUT2D eigenvalue weighted by Crippen LogP contribution is 2.35. The summed E-state index contributed by atoms with van der Waals surface area (Å²) in [4.78, 5) is 15.0. The lowest BCUT2D eigenvalue weighted by atomic mass is 10.0. The van der Waals surface area contributed by atoms with Crippen LogP contribution in [0, 0.1) is 0 Å². The average Bonchev–Trinajstić information content (AvgIpc) is 3.55. The SMILES string of the molecule is [2H]c1ccc2c3c([2H])cc(-c4nc(-c5ccc(-c6ccccc6)cc5)nc(-c5ccc(-c6ccccc6)cc5)n4)cc3n(-c3ccccc3)c2c1[2H]. The first-order valence-electron chi connectivity index (χ1n) is 17.7. The molecule has 0 saturated heterocycles. The van der Waals surface area contributed by atoms with Gasteiger partial charge in [-0.25, -0.2) is 15.0 Å². The van der Waals surface area contributed by atoms with Gasteiger partial charge < -0.3 is 4.57 Å². The van der Waals surface area contributed by atoms with E-state index in [-0.39, 0.29) is 18.1 Å². The van der Waals surface area contributed by atoms with E-state index >= 15 is 0 Å². The molecule has 4 nitrogen and oxygen atoms in total. The third-order valence-electron chi connectivity index (χ3n) is 8.84. The lowest BCUT2D eigenvalue weighted by molar-refractivity contribution is 1.07. The fraction of sp³-hybridized carbons (Fsp3) is 0. The molecule has 49 heavy (non-hydrogen) atoms. The summed E-state index contributed by atoms with van der Waals surface area (Å²) in [6, 6.07) is 54.5. The number of hydrogen-bond donors (Lipinski definition) is 0. The van der Waals surface area contributed by atoms with Crippen molar-refractivity contribution in [1.82, 2.24) is 19.5 Å². The summed E-state index contributed by atoms with van der Waals surface area (Å²) < 4.78 is 28.6. The van der Waals surface area contributed by atoms with E-state index in [1.54, 1.807) is 12.1 Å². The molecule has 0 fully saturated rings. The van der Waals surface area contributed by atoms with Crippen LogP contribution in [-0.2, 0) is 0 Å². The van der Waals surface area contributed by atoms with Crippen LogP contribution in [0.3, 0.4) is 0 Å². The predicted molar refractivity (Wildman–Crippen MR) is 201 cm³/mol. The van der Waals surface area contributed by atoms with Gasteiger partial charge in [-0.1, -0.05) is 158 Å². The maximum atomic E-state index is 9.29. The molecule has 4 heteroatoms. The molecule has 0 aliphatic rings. The average molecular weight is 630 g/mol. The number of nitrogens with zero attached hydrogens (tertiary/aromatic N) is 4. The minimum Gasteiger partial charge on any atom is -0.309 e. The van der Waals surface area contributed by atoms with Gasteiger partial charge in [0.1, 0.15) is 0 Å². The first-order chi connectivity index (χ1) is 25.5. The largest absolute Gasteiger partial charge is 0.309 e. The van der Waals surface area contributed by atoms with Gasteiger partial charge in [0, 0.05) is 33.2 Å². The Labute approximate surface area is 288 Å². The fourth-order valence-corrected chi connectivity index (χ4v) is 6.38. The molecule has 2 heterocycles. The van der Waals surface area contributed by atoms with Crippen molar-refractivity contribution in [2.75, 3.05) is 0 Å². The molecule has 2 aromatic heterocycles. The van der Waals surface area contributed by atoms with Gasteiger partial charge in [-0.3, -0.25) is 0 Å². The Hall–Kier alpha value is -6.65. The zero-order valence-electron chi connectivity index (χ0n) is 29.4. The Morgan fingerprint density at radius 2 is 0.837 bits per heavy atom. The summed E-state index contributed by atoms with van der Waals surface area (Å²) >= 11 is 0. The van der Waals surface area contributed by atoms with Crippen LogP contribution in [0.2, 0.25) is 0 Å². The van der Waals surface area contributed by atoms with Crippen molar-refractivity contribution >= 4 is 21.8 Å². The van der Waals surface area contributed by atoms with Gasteiger partial charge in [0.25, 0.3) is 0 Å². The fourth-order valence-electron chi connectivity index (χ4n) is 6.38. The number of hydrogen-bond acceptors (Lipinski definition) is 3. The first kappa shape index (κ1) is 25.4. The Kier molecular flexibility index (Phi) is 6.32. The third kappa shape index (κ3) is 5.35. The van der Waals surface area contributed by atoms with E-state index in [1.165, 1.54) is 0 Å². The second-order valence-electron chi connectivity index (χ2n) is 11.9. The Bertz CT molecular complexity index is 2630. The second kappa shape index (κ2) is 12.2. The van der Waals surface area contributed by atoms with Crippen molar-refractivity contribution in [3.8, 4) is 62.1 Å². The second-order valence-corrected chi connectivity index (χ2v) is 11.9. The summed E-state index contributed by atoms with van der Waals surface area (Å²) in [5.41, 5.74) is 8.96. The Balaban J connectivity index is 1.24. The van der Waals surface area contributed by atoms with Gasteiger partial charge in [0.05, 0.1) is 15.1 Å².